The van der Waals surface area contributed by atoms with Gasteiger partial charge < -0.3 is 10.4 Å². The van der Waals surface area contributed by atoms with Crippen LogP contribution in [0.4, 0.5) is 0 Å². The normalized spacial score (nSPS) is 14.0. The summed E-state index contributed by atoms with van der Waals surface area (Å²) in [5.41, 5.74) is 0.624. The van der Waals surface area contributed by atoms with Gasteiger partial charge in [-0.2, -0.15) is 0 Å². The Hall–Kier alpha value is -1.07. The van der Waals surface area contributed by atoms with Crippen molar-refractivity contribution in [1.29, 1.82) is 0 Å². The van der Waals surface area contributed by atoms with Gasteiger partial charge in [-0.05, 0) is 37.7 Å². The molecule has 5 heteroatoms. The molecule has 1 amide bonds. The van der Waals surface area contributed by atoms with Crippen molar-refractivity contribution in [3.05, 3.63) is 23.9 Å². The number of amides is 1. The molecule has 4 nitrogen and oxygen atoms in total. The predicted molar refractivity (Wildman–Crippen MR) is 73.8 cm³/mol. The summed E-state index contributed by atoms with van der Waals surface area (Å²) in [6.45, 7) is 4.33. The molecule has 1 aromatic heterocycles. The highest BCUT2D eigenvalue weighted by Crippen LogP contribution is 2.12. The van der Waals surface area contributed by atoms with Gasteiger partial charge in [-0.1, -0.05) is 6.92 Å². The molecule has 0 aliphatic carbocycles. The van der Waals surface area contributed by atoms with Crippen LogP contribution in [0.3, 0.4) is 0 Å². The van der Waals surface area contributed by atoms with E-state index in [1.165, 1.54) is 11.8 Å². The zero-order valence-electron chi connectivity index (χ0n) is 11.0. The van der Waals surface area contributed by atoms with Crippen molar-refractivity contribution in [3.8, 4) is 0 Å². The zero-order valence-corrected chi connectivity index (χ0v) is 11.8. The molecule has 0 spiro atoms. The first-order valence-electron chi connectivity index (χ1n) is 5.99. The van der Waals surface area contributed by atoms with Crippen LogP contribution in [0.15, 0.2) is 23.4 Å². The molecular weight excluding hydrogens is 248 g/mol. The topological polar surface area (TPSA) is 62.2 Å². The number of aliphatic hydroxyl groups is 1. The summed E-state index contributed by atoms with van der Waals surface area (Å²) in [7, 11) is 0. The van der Waals surface area contributed by atoms with Gasteiger partial charge in [0.1, 0.15) is 0 Å². The van der Waals surface area contributed by atoms with Gasteiger partial charge in [-0.3, -0.25) is 4.79 Å². The monoisotopic (exact) mass is 268 g/mol. The summed E-state index contributed by atoms with van der Waals surface area (Å²) in [4.78, 5) is 16.0. The molecule has 2 N–H and O–H groups in total. The lowest BCUT2D eigenvalue weighted by molar-refractivity contribution is 0.0939. The lowest BCUT2D eigenvalue weighted by atomic mass is 10.0. The molecule has 0 fully saturated rings. The number of aliphatic hydroxyl groups excluding tert-OH is 1. The average molecular weight is 268 g/mol. The maximum atomic E-state index is 11.9. The Morgan fingerprint density at radius 3 is 2.89 bits per heavy atom. The van der Waals surface area contributed by atoms with Crippen LogP contribution < -0.4 is 5.32 Å². The minimum Gasteiger partial charge on any atom is -0.393 e. The van der Waals surface area contributed by atoms with Gasteiger partial charge in [0, 0.05) is 18.3 Å². The van der Waals surface area contributed by atoms with E-state index in [1.54, 1.807) is 25.3 Å². The Bertz CT molecular complexity index is 396. The van der Waals surface area contributed by atoms with Crippen molar-refractivity contribution >= 4 is 17.7 Å². The lowest BCUT2D eigenvalue weighted by Crippen LogP contribution is -2.29. The first-order valence-corrected chi connectivity index (χ1v) is 7.21. The van der Waals surface area contributed by atoms with Gasteiger partial charge >= 0.3 is 0 Å². The third-order valence-corrected chi connectivity index (χ3v) is 3.20. The highest BCUT2D eigenvalue weighted by atomic mass is 32.2. The van der Waals surface area contributed by atoms with Crippen molar-refractivity contribution in [2.45, 2.75) is 31.4 Å². The fourth-order valence-electron chi connectivity index (χ4n) is 1.70. The molecule has 18 heavy (non-hydrogen) atoms. The SMILES string of the molecule is CSc1cc(C(=O)NCC(C)CC(C)O)ccn1. The Balaban J connectivity index is 2.49. The fourth-order valence-corrected chi connectivity index (χ4v) is 2.11. The van der Waals surface area contributed by atoms with E-state index in [-0.39, 0.29) is 17.9 Å². The maximum Gasteiger partial charge on any atom is 0.251 e. The summed E-state index contributed by atoms with van der Waals surface area (Å²) < 4.78 is 0. The molecular formula is C13H20N2O2S. The average Bonchev–Trinajstić information content (AvgIpc) is 2.35. The molecule has 0 bridgehead atoms. The number of carbonyl (C=O) groups excluding carboxylic acids is 1. The van der Waals surface area contributed by atoms with Crippen molar-refractivity contribution in [1.82, 2.24) is 10.3 Å². The highest BCUT2D eigenvalue weighted by Gasteiger charge is 2.10. The van der Waals surface area contributed by atoms with Gasteiger partial charge in [0.05, 0.1) is 11.1 Å². The van der Waals surface area contributed by atoms with Crippen molar-refractivity contribution < 1.29 is 9.90 Å². The molecule has 100 valence electrons. The van der Waals surface area contributed by atoms with Crippen LogP contribution in [0.5, 0.6) is 0 Å². The minimum absolute atomic E-state index is 0.0925. The molecule has 2 atom stereocenters. The molecule has 1 heterocycles. The zero-order chi connectivity index (χ0) is 13.5. The third-order valence-electron chi connectivity index (χ3n) is 2.56. The standard InChI is InChI=1S/C13H20N2O2S/c1-9(6-10(2)16)8-15-13(17)11-4-5-14-12(7-11)18-3/h4-5,7,9-10,16H,6,8H2,1-3H3,(H,15,17). The smallest absolute Gasteiger partial charge is 0.251 e. The number of rotatable bonds is 6. The Morgan fingerprint density at radius 2 is 2.28 bits per heavy atom. The number of carbonyl (C=O) groups is 1. The lowest BCUT2D eigenvalue weighted by Gasteiger charge is -2.14. The molecule has 0 saturated heterocycles. The van der Waals surface area contributed by atoms with Crippen LogP contribution in [0.25, 0.3) is 0 Å². The second-order valence-corrected chi connectivity index (χ2v) is 5.31. The van der Waals surface area contributed by atoms with E-state index in [2.05, 4.69) is 10.3 Å². The molecule has 0 aliphatic heterocycles. The fraction of sp³-hybridized carbons (Fsp3) is 0.538. The van der Waals surface area contributed by atoms with Crippen molar-refractivity contribution in [2.24, 2.45) is 5.92 Å². The van der Waals surface area contributed by atoms with E-state index in [9.17, 15) is 9.90 Å². The summed E-state index contributed by atoms with van der Waals surface area (Å²) >= 11 is 1.51. The van der Waals surface area contributed by atoms with Crippen LogP contribution in [0.1, 0.15) is 30.6 Å². The Labute approximate surface area is 112 Å². The summed E-state index contributed by atoms with van der Waals surface area (Å²) in [5.74, 6) is 0.168. The first kappa shape index (κ1) is 15.0. The van der Waals surface area contributed by atoms with Crippen molar-refractivity contribution in [3.63, 3.8) is 0 Å². The largest absolute Gasteiger partial charge is 0.393 e. The summed E-state index contributed by atoms with van der Waals surface area (Å²) in [6.07, 6.45) is 3.92. The summed E-state index contributed by atoms with van der Waals surface area (Å²) in [6, 6.07) is 3.48. The number of hydrogen-bond donors (Lipinski definition) is 2. The quantitative estimate of drug-likeness (QED) is 0.774. The Kier molecular flexibility index (Phi) is 6.15. The molecule has 1 rings (SSSR count). The number of aromatic nitrogens is 1. The maximum absolute atomic E-state index is 11.9. The highest BCUT2D eigenvalue weighted by molar-refractivity contribution is 7.98. The first-order chi connectivity index (χ1) is 8.52. The van der Waals surface area contributed by atoms with Gasteiger partial charge in [0.15, 0.2) is 0 Å². The van der Waals surface area contributed by atoms with Crippen LogP contribution in [0.2, 0.25) is 0 Å². The molecule has 2 unspecified atom stereocenters. The van der Waals surface area contributed by atoms with Crippen LogP contribution >= 0.6 is 11.8 Å². The third kappa shape index (κ3) is 5.06. The number of nitrogens with zero attached hydrogens (tertiary/aromatic N) is 1. The molecule has 0 saturated carbocycles. The van der Waals surface area contributed by atoms with Crippen LogP contribution in [0, 0.1) is 5.92 Å². The van der Waals surface area contributed by atoms with Gasteiger partial charge in [0.25, 0.3) is 5.91 Å². The number of pyridine rings is 1. The van der Waals surface area contributed by atoms with E-state index < -0.39 is 0 Å². The molecule has 0 aromatic carbocycles. The second kappa shape index (κ2) is 7.38. The molecule has 1 aromatic rings. The van der Waals surface area contributed by atoms with E-state index in [4.69, 9.17) is 0 Å². The van der Waals surface area contributed by atoms with E-state index in [1.807, 2.05) is 13.2 Å². The Morgan fingerprint density at radius 1 is 1.56 bits per heavy atom. The van der Waals surface area contributed by atoms with Gasteiger partial charge in [-0.15, -0.1) is 11.8 Å². The van der Waals surface area contributed by atoms with E-state index in [0.717, 1.165) is 5.03 Å². The van der Waals surface area contributed by atoms with Crippen LogP contribution in [-0.2, 0) is 0 Å². The van der Waals surface area contributed by atoms with Gasteiger partial charge in [-0.25, -0.2) is 4.98 Å². The second-order valence-electron chi connectivity index (χ2n) is 4.49. The van der Waals surface area contributed by atoms with Crippen LogP contribution in [-0.4, -0.2) is 34.9 Å². The van der Waals surface area contributed by atoms with Crippen molar-refractivity contribution in [2.75, 3.05) is 12.8 Å². The minimum atomic E-state index is -0.332. The number of thioether (sulfide) groups is 1. The van der Waals surface area contributed by atoms with Gasteiger partial charge in [0.2, 0.25) is 0 Å². The summed E-state index contributed by atoms with van der Waals surface area (Å²) in [5, 5.41) is 13.0. The predicted octanol–water partition coefficient (Wildman–Crippen LogP) is 1.94. The molecule has 0 radical (unpaired) electrons. The van der Waals surface area contributed by atoms with E-state index in [0.29, 0.717) is 18.5 Å². The molecule has 0 aliphatic rings. The van der Waals surface area contributed by atoms with E-state index >= 15 is 0 Å². The number of nitrogens with one attached hydrogen (secondary N) is 1. The number of hydrogen-bond acceptors (Lipinski definition) is 4.